The molecule has 1 aromatic heterocycles. The number of aromatic nitrogens is 2. The third-order valence-electron chi connectivity index (χ3n) is 2.86. The zero-order valence-corrected chi connectivity index (χ0v) is 10.3. The van der Waals surface area contributed by atoms with Crippen molar-refractivity contribution in [3.63, 3.8) is 0 Å². The van der Waals surface area contributed by atoms with E-state index in [2.05, 4.69) is 22.5 Å². The molecule has 0 aliphatic rings. The van der Waals surface area contributed by atoms with Gasteiger partial charge >= 0.3 is 0 Å². The Hall–Kier alpha value is -1.81. The highest BCUT2D eigenvalue weighted by atomic mass is 16.5. The molecule has 1 atom stereocenters. The molecule has 0 aliphatic carbocycles. The average Bonchev–Trinajstić information content (AvgIpc) is 2.74. The van der Waals surface area contributed by atoms with Crippen LogP contribution >= 0.6 is 0 Å². The molecule has 90 valence electrons. The molecular formula is C13H17N3O. The second-order valence-corrected chi connectivity index (χ2v) is 3.85. The fourth-order valence-corrected chi connectivity index (χ4v) is 2.02. The predicted octanol–water partition coefficient (Wildman–Crippen LogP) is 1.74. The van der Waals surface area contributed by atoms with Gasteiger partial charge < -0.3 is 10.1 Å². The van der Waals surface area contributed by atoms with E-state index in [-0.39, 0.29) is 6.04 Å². The monoisotopic (exact) mass is 231 g/mol. The summed E-state index contributed by atoms with van der Waals surface area (Å²) in [6, 6.07) is 10.3. The number of hydrogen-bond donors (Lipinski definition) is 1. The van der Waals surface area contributed by atoms with Gasteiger partial charge in [0.2, 0.25) is 0 Å². The van der Waals surface area contributed by atoms with Crippen molar-refractivity contribution in [2.24, 2.45) is 7.05 Å². The van der Waals surface area contributed by atoms with Crippen molar-refractivity contribution >= 4 is 0 Å². The molecule has 0 bridgehead atoms. The lowest BCUT2D eigenvalue weighted by atomic mass is 10.0. The molecule has 0 fully saturated rings. The van der Waals surface area contributed by atoms with Crippen molar-refractivity contribution in [3.05, 3.63) is 47.8 Å². The van der Waals surface area contributed by atoms with Crippen LogP contribution in [-0.2, 0) is 7.05 Å². The van der Waals surface area contributed by atoms with E-state index >= 15 is 0 Å². The van der Waals surface area contributed by atoms with Crippen LogP contribution < -0.4 is 10.1 Å². The number of aryl methyl sites for hydroxylation is 1. The van der Waals surface area contributed by atoms with Crippen LogP contribution in [0.5, 0.6) is 5.75 Å². The lowest BCUT2D eigenvalue weighted by molar-refractivity contribution is 0.402. The molecule has 2 rings (SSSR count). The van der Waals surface area contributed by atoms with Gasteiger partial charge in [-0.15, -0.1) is 0 Å². The molecule has 0 spiro atoms. The molecule has 17 heavy (non-hydrogen) atoms. The van der Waals surface area contributed by atoms with E-state index in [1.165, 1.54) is 5.56 Å². The van der Waals surface area contributed by atoms with Crippen LogP contribution in [0.15, 0.2) is 36.5 Å². The summed E-state index contributed by atoms with van der Waals surface area (Å²) in [6.45, 7) is 0. The Kier molecular flexibility index (Phi) is 3.44. The minimum Gasteiger partial charge on any atom is -0.493 e. The van der Waals surface area contributed by atoms with Gasteiger partial charge in [-0.2, -0.15) is 5.10 Å². The van der Waals surface area contributed by atoms with E-state index in [0.717, 1.165) is 11.4 Å². The van der Waals surface area contributed by atoms with Crippen molar-refractivity contribution in [2.45, 2.75) is 6.04 Å². The molecule has 4 heteroatoms. The Morgan fingerprint density at radius 3 is 2.59 bits per heavy atom. The van der Waals surface area contributed by atoms with Crippen LogP contribution in [0.3, 0.4) is 0 Å². The normalized spacial score (nSPS) is 12.4. The summed E-state index contributed by atoms with van der Waals surface area (Å²) in [4.78, 5) is 0. The number of nitrogens with zero attached hydrogens (tertiary/aromatic N) is 2. The molecule has 1 aromatic carbocycles. The van der Waals surface area contributed by atoms with Gasteiger partial charge in [-0.1, -0.05) is 30.3 Å². The van der Waals surface area contributed by atoms with Gasteiger partial charge in [-0.05, 0) is 12.6 Å². The Balaban J connectivity index is 2.45. The third kappa shape index (κ3) is 2.17. The maximum atomic E-state index is 5.35. The zero-order chi connectivity index (χ0) is 12.3. The summed E-state index contributed by atoms with van der Waals surface area (Å²) in [6.07, 6.45) is 1.74. The van der Waals surface area contributed by atoms with Crippen molar-refractivity contribution in [1.29, 1.82) is 0 Å². The van der Waals surface area contributed by atoms with Gasteiger partial charge in [0, 0.05) is 7.05 Å². The maximum Gasteiger partial charge on any atom is 0.161 e. The highest BCUT2D eigenvalue weighted by molar-refractivity contribution is 5.36. The first kappa shape index (κ1) is 11.7. The van der Waals surface area contributed by atoms with Gasteiger partial charge in [0.1, 0.15) is 5.69 Å². The van der Waals surface area contributed by atoms with Crippen molar-refractivity contribution < 1.29 is 4.74 Å². The summed E-state index contributed by atoms with van der Waals surface area (Å²) >= 11 is 0. The summed E-state index contributed by atoms with van der Waals surface area (Å²) < 4.78 is 7.19. The minimum atomic E-state index is 0.0821. The fourth-order valence-electron chi connectivity index (χ4n) is 2.02. The molecule has 0 aliphatic heterocycles. The van der Waals surface area contributed by atoms with Gasteiger partial charge in [0.05, 0.1) is 19.3 Å². The van der Waals surface area contributed by atoms with Gasteiger partial charge in [-0.3, -0.25) is 4.68 Å². The molecule has 1 heterocycles. The molecular weight excluding hydrogens is 214 g/mol. The number of benzene rings is 1. The highest BCUT2D eigenvalue weighted by Gasteiger charge is 2.20. The molecule has 0 saturated carbocycles. The third-order valence-corrected chi connectivity index (χ3v) is 2.86. The number of methoxy groups -OCH3 is 1. The molecule has 2 aromatic rings. The molecule has 0 radical (unpaired) electrons. The van der Waals surface area contributed by atoms with Crippen molar-refractivity contribution in [2.75, 3.05) is 14.2 Å². The van der Waals surface area contributed by atoms with E-state index in [4.69, 9.17) is 4.74 Å². The topological polar surface area (TPSA) is 39.1 Å². The van der Waals surface area contributed by atoms with E-state index in [0.29, 0.717) is 0 Å². The van der Waals surface area contributed by atoms with Crippen LogP contribution in [0.4, 0.5) is 0 Å². The second-order valence-electron chi connectivity index (χ2n) is 3.85. The lowest BCUT2D eigenvalue weighted by Crippen LogP contribution is -2.21. The number of hydrogen-bond acceptors (Lipinski definition) is 3. The van der Waals surface area contributed by atoms with Crippen LogP contribution in [0.2, 0.25) is 0 Å². The number of rotatable bonds is 4. The van der Waals surface area contributed by atoms with Crippen LogP contribution in [0.1, 0.15) is 17.3 Å². The van der Waals surface area contributed by atoms with Crippen molar-refractivity contribution in [3.8, 4) is 5.75 Å². The first-order chi connectivity index (χ1) is 8.27. The molecule has 4 nitrogen and oxygen atoms in total. The Labute approximate surface area is 101 Å². The Morgan fingerprint density at radius 1 is 1.29 bits per heavy atom. The van der Waals surface area contributed by atoms with Crippen LogP contribution in [-0.4, -0.2) is 23.9 Å². The minimum absolute atomic E-state index is 0.0821. The summed E-state index contributed by atoms with van der Waals surface area (Å²) in [5.74, 6) is 0.802. The van der Waals surface area contributed by atoms with E-state index in [1.54, 1.807) is 13.3 Å². The quantitative estimate of drug-likeness (QED) is 0.871. The van der Waals surface area contributed by atoms with Crippen LogP contribution in [0, 0.1) is 0 Å². The molecule has 1 N–H and O–H groups in total. The predicted molar refractivity (Wildman–Crippen MR) is 67.1 cm³/mol. The smallest absolute Gasteiger partial charge is 0.161 e. The van der Waals surface area contributed by atoms with Gasteiger partial charge in [-0.25, -0.2) is 0 Å². The standard InChI is InChI=1S/C13H17N3O/c1-14-12(10-7-5-4-6-8-10)13-11(17-3)9-15-16(13)2/h4-9,12,14H,1-3H3. The molecule has 1 unspecified atom stereocenters. The van der Waals surface area contributed by atoms with Crippen molar-refractivity contribution in [1.82, 2.24) is 15.1 Å². The second kappa shape index (κ2) is 5.01. The maximum absolute atomic E-state index is 5.35. The highest BCUT2D eigenvalue weighted by Crippen LogP contribution is 2.28. The SMILES string of the molecule is CNC(c1ccccc1)c1c(OC)cnn1C. The number of ether oxygens (including phenoxy) is 1. The first-order valence-electron chi connectivity index (χ1n) is 5.56. The Bertz CT molecular complexity index is 479. The summed E-state index contributed by atoms with van der Waals surface area (Å²) in [5, 5.41) is 7.53. The van der Waals surface area contributed by atoms with Gasteiger partial charge in [0.15, 0.2) is 5.75 Å². The number of nitrogens with one attached hydrogen (secondary N) is 1. The Morgan fingerprint density at radius 2 is 2.00 bits per heavy atom. The van der Waals surface area contributed by atoms with E-state index in [9.17, 15) is 0 Å². The molecule has 0 amide bonds. The average molecular weight is 231 g/mol. The summed E-state index contributed by atoms with van der Waals surface area (Å²) in [5.41, 5.74) is 2.22. The first-order valence-corrected chi connectivity index (χ1v) is 5.56. The molecule has 0 saturated heterocycles. The zero-order valence-electron chi connectivity index (χ0n) is 10.3. The fraction of sp³-hybridized carbons (Fsp3) is 0.308. The van der Waals surface area contributed by atoms with Gasteiger partial charge in [0.25, 0.3) is 0 Å². The summed E-state index contributed by atoms with van der Waals surface area (Å²) in [7, 11) is 5.52. The lowest BCUT2D eigenvalue weighted by Gasteiger charge is -2.18. The van der Waals surface area contributed by atoms with E-state index in [1.807, 2.05) is 37.0 Å². The van der Waals surface area contributed by atoms with Crippen LogP contribution in [0.25, 0.3) is 0 Å². The largest absolute Gasteiger partial charge is 0.493 e. The van der Waals surface area contributed by atoms with E-state index < -0.39 is 0 Å².